The molecule has 4 aliphatic rings. The van der Waals surface area contributed by atoms with Crippen LogP contribution in [0.4, 0.5) is 32.2 Å². The maximum atomic E-state index is 14.3. The Bertz CT molecular complexity index is 1210. The average Bonchev–Trinajstić information content (AvgIpc) is 3.63. The molecular formula is C28H36F6N4O5. The summed E-state index contributed by atoms with van der Waals surface area (Å²) in [6.45, 7) is 3.91. The third-order valence-electron chi connectivity index (χ3n) is 9.84. The molecule has 1 aliphatic carbocycles. The number of rotatable bonds is 6. The summed E-state index contributed by atoms with van der Waals surface area (Å²) < 4.78 is 92.3. The van der Waals surface area contributed by atoms with Crippen LogP contribution in [0.15, 0.2) is 18.3 Å². The first-order valence-electron chi connectivity index (χ1n) is 14.4. The zero-order chi connectivity index (χ0) is 31.5. The Labute approximate surface area is 245 Å². The molecule has 2 bridgehead atoms. The third-order valence-corrected chi connectivity index (χ3v) is 9.84. The van der Waals surface area contributed by atoms with Crippen molar-refractivity contribution < 1.29 is 50.5 Å². The maximum Gasteiger partial charge on any atom is 0.471 e. The fourth-order valence-electron chi connectivity index (χ4n) is 7.48. The topological polar surface area (TPSA) is 95.4 Å². The van der Waals surface area contributed by atoms with Gasteiger partial charge in [0.2, 0.25) is 5.91 Å². The number of hydrogen-bond acceptors (Lipinski definition) is 7. The molecule has 0 radical (unpaired) electrons. The lowest BCUT2D eigenvalue weighted by atomic mass is 9.74. The summed E-state index contributed by atoms with van der Waals surface area (Å²) in [6, 6.07) is -1.42. The van der Waals surface area contributed by atoms with Crippen LogP contribution in [0.2, 0.25) is 0 Å². The second kappa shape index (κ2) is 11.4. The maximum absolute atomic E-state index is 14.3. The minimum Gasteiger partial charge on any atom is -0.389 e. The van der Waals surface area contributed by atoms with E-state index in [1.807, 2.05) is 13.8 Å². The number of nitrogens with zero attached hydrogens (tertiary/aromatic N) is 4. The molecule has 0 spiro atoms. The monoisotopic (exact) mass is 622 g/mol. The summed E-state index contributed by atoms with van der Waals surface area (Å²) in [6.07, 6.45) is -9.89. The number of carbonyl (C=O) groups excluding carboxylic acids is 2. The minimum atomic E-state index is -5.12. The van der Waals surface area contributed by atoms with Gasteiger partial charge in [0.1, 0.15) is 11.9 Å². The molecule has 2 amide bonds. The van der Waals surface area contributed by atoms with Crippen molar-refractivity contribution >= 4 is 17.6 Å². The van der Waals surface area contributed by atoms with Gasteiger partial charge in [-0.25, -0.2) is 4.98 Å². The number of carbonyl (C=O) groups is 2. The van der Waals surface area contributed by atoms with Crippen LogP contribution >= 0.6 is 0 Å². The second-order valence-electron chi connectivity index (χ2n) is 12.3. The van der Waals surface area contributed by atoms with Crippen LogP contribution in [0.25, 0.3) is 0 Å². The lowest BCUT2D eigenvalue weighted by Crippen LogP contribution is -2.59. The number of piperazine rings is 1. The first kappa shape index (κ1) is 31.8. The molecular weight excluding hydrogens is 586 g/mol. The predicted molar refractivity (Wildman–Crippen MR) is 140 cm³/mol. The Hall–Kier alpha value is -2.65. The van der Waals surface area contributed by atoms with E-state index in [-0.39, 0.29) is 69.6 Å². The molecule has 1 aromatic rings. The predicted octanol–water partition coefficient (Wildman–Crippen LogP) is 3.25. The van der Waals surface area contributed by atoms with Gasteiger partial charge < -0.3 is 29.3 Å². The number of halogens is 6. The van der Waals surface area contributed by atoms with Gasteiger partial charge in [0, 0.05) is 39.0 Å². The van der Waals surface area contributed by atoms with Crippen LogP contribution in [0.3, 0.4) is 0 Å². The molecule has 4 heterocycles. The number of likely N-dealkylation sites (tertiary alicyclic amines) is 1. The number of ether oxygens (including phenoxy) is 2. The molecule has 240 valence electrons. The van der Waals surface area contributed by atoms with Gasteiger partial charge in [0.05, 0.1) is 41.8 Å². The average molecular weight is 623 g/mol. The molecule has 4 fully saturated rings. The zero-order valence-corrected chi connectivity index (χ0v) is 24.1. The number of alkyl halides is 6. The van der Waals surface area contributed by atoms with Crippen LogP contribution in [0.5, 0.6) is 0 Å². The van der Waals surface area contributed by atoms with Crippen LogP contribution in [-0.2, 0) is 25.2 Å². The molecule has 9 nitrogen and oxygen atoms in total. The van der Waals surface area contributed by atoms with Gasteiger partial charge in [-0.15, -0.1) is 0 Å². The smallest absolute Gasteiger partial charge is 0.389 e. The number of anilines is 1. The molecule has 7 atom stereocenters. The fourth-order valence-corrected chi connectivity index (χ4v) is 7.48. The lowest BCUT2D eigenvalue weighted by molar-refractivity contribution is -0.197. The van der Waals surface area contributed by atoms with Gasteiger partial charge in [0.15, 0.2) is 0 Å². The normalized spacial score (nSPS) is 33.0. The molecule has 3 saturated heterocycles. The van der Waals surface area contributed by atoms with Crippen molar-refractivity contribution in [2.75, 3.05) is 38.3 Å². The molecule has 15 heteroatoms. The summed E-state index contributed by atoms with van der Waals surface area (Å²) in [4.78, 5) is 35.1. The van der Waals surface area contributed by atoms with Crippen molar-refractivity contribution in [2.45, 2.75) is 88.3 Å². The number of aliphatic hydroxyl groups is 1. The van der Waals surface area contributed by atoms with Crippen LogP contribution in [-0.4, -0.2) is 108 Å². The summed E-state index contributed by atoms with van der Waals surface area (Å²) >= 11 is 0. The van der Waals surface area contributed by atoms with Crippen molar-refractivity contribution in [3.05, 3.63) is 23.9 Å². The first-order chi connectivity index (χ1) is 20.1. The number of amides is 2. The van der Waals surface area contributed by atoms with Crippen molar-refractivity contribution in [3.8, 4) is 0 Å². The van der Waals surface area contributed by atoms with Gasteiger partial charge in [0.25, 0.3) is 0 Å². The van der Waals surface area contributed by atoms with Gasteiger partial charge in [-0.1, -0.05) is 13.8 Å². The van der Waals surface area contributed by atoms with Crippen LogP contribution in [0, 0.1) is 11.3 Å². The third kappa shape index (κ3) is 5.56. The van der Waals surface area contributed by atoms with Crippen molar-refractivity contribution in [2.24, 2.45) is 11.3 Å². The highest BCUT2D eigenvalue weighted by molar-refractivity contribution is 5.86. The Morgan fingerprint density at radius 2 is 1.88 bits per heavy atom. The molecule has 0 aromatic carbocycles. The second-order valence-corrected chi connectivity index (χ2v) is 12.3. The molecule has 1 N–H and O–H groups in total. The van der Waals surface area contributed by atoms with E-state index in [1.54, 1.807) is 4.90 Å². The number of pyridine rings is 1. The molecule has 43 heavy (non-hydrogen) atoms. The Balaban J connectivity index is 1.38. The molecule has 3 aliphatic heterocycles. The standard InChI is InChI=1S/C28H36F6N4O5/c1-15(2)26(7-4-17(11-26)38(25(41)28(32,33)34)18-6-9-43-14-21(18)42-3)24(40)37-13-19-23(39)20(37)12-36(19)22-10-16(5-8-35-22)27(29,30)31/h5,8,10,15,17-21,23,39H,4,6-7,9,11-14H2,1-3H3/t17-,18+,19-,20-,21-,23+,26?/m1/s1. The number of fused-ring (bicyclic) bond motifs is 2. The first-order valence-corrected chi connectivity index (χ1v) is 14.4. The number of hydrogen-bond donors (Lipinski definition) is 1. The number of methoxy groups -OCH3 is 1. The van der Waals surface area contributed by atoms with E-state index in [0.717, 1.165) is 23.2 Å². The summed E-state index contributed by atoms with van der Waals surface area (Å²) in [7, 11) is 1.35. The minimum absolute atomic E-state index is 0.00198. The van der Waals surface area contributed by atoms with Gasteiger partial charge in [-0.3, -0.25) is 9.59 Å². The summed E-state index contributed by atoms with van der Waals surface area (Å²) in [5.41, 5.74) is -1.98. The van der Waals surface area contributed by atoms with Crippen LogP contribution in [0.1, 0.15) is 45.1 Å². The number of aliphatic hydroxyl groups excluding tert-OH is 1. The van der Waals surface area contributed by atoms with E-state index in [2.05, 4.69) is 4.98 Å². The summed E-state index contributed by atoms with van der Waals surface area (Å²) in [5.74, 6) is -2.57. The number of aromatic nitrogens is 1. The lowest BCUT2D eigenvalue weighted by Gasteiger charge is -2.44. The quantitative estimate of drug-likeness (QED) is 0.487. The highest BCUT2D eigenvalue weighted by Crippen LogP contribution is 2.50. The Kier molecular flexibility index (Phi) is 8.40. The zero-order valence-electron chi connectivity index (χ0n) is 24.1. The Morgan fingerprint density at radius 3 is 2.47 bits per heavy atom. The molecule has 1 aromatic heterocycles. The SMILES string of the molecule is CO[C@@H]1COCC[C@@H]1N(C(=O)C(F)(F)F)[C@@H]1CCC(C(=O)N2C[C@@H]3[C@H](O)[C@H]2CN3c2cc(C(F)(F)F)ccn2)(C(C)C)C1. The Morgan fingerprint density at radius 1 is 1.16 bits per heavy atom. The van der Waals surface area contributed by atoms with Gasteiger partial charge in [-0.2, -0.15) is 26.3 Å². The van der Waals surface area contributed by atoms with E-state index in [1.165, 1.54) is 12.0 Å². The van der Waals surface area contributed by atoms with E-state index >= 15 is 0 Å². The fraction of sp³-hybridized carbons (Fsp3) is 0.750. The van der Waals surface area contributed by atoms with E-state index in [4.69, 9.17) is 9.47 Å². The van der Waals surface area contributed by atoms with Gasteiger partial charge >= 0.3 is 18.3 Å². The summed E-state index contributed by atoms with van der Waals surface area (Å²) in [5, 5.41) is 11.0. The van der Waals surface area contributed by atoms with Crippen LogP contribution < -0.4 is 4.90 Å². The molecule has 5 rings (SSSR count). The molecule has 1 saturated carbocycles. The highest BCUT2D eigenvalue weighted by Gasteiger charge is 2.60. The van der Waals surface area contributed by atoms with E-state index < -0.39 is 65.6 Å². The van der Waals surface area contributed by atoms with Crippen molar-refractivity contribution in [3.63, 3.8) is 0 Å². The largest absolute Gasteiger partial charge is 0.471 e. The highest BCUT2D eigenvalue weighted by atomic mass is 19.4. The van der Waals surface area contributed by atoms with E-state index in [9.17, 15) is 41.0 Å². The van der Waals surface area contributed by atoms with Crippen molar-refractivity contribution in [1.82, 2.24) is 14.8 Å². The van der Waals surface area contributed by atoms with E-state index in [0.29, 0.717) is 0 Å². The molecule has 1 unspecified atom stereocenters. The van der Waals surface area contributed by atoms with Gasteiger partial charge in [-0.05, 0) is 43.7 Å². The van der Waals surface area contributed by atoms with Crippen molar-refractivity contribution in [1.29, 1.82) is 0 Å².